The van der Waals surface area contributed by atoms with Gasteiger partial charge in [-0.15, -0.1) is 0 Å². The second-order valence-corrected chi connectivity index (χ2v) is 4.30. The molecule has 0 amide bonds. The van der Waals surface area contributed by atoms with E-state index in [2.05, 4.69) is 30.7 Å². The first-order valence-electron chi connectivity index (χ1n) is 5.27. The fourth-order valence-corrected chi connectivity index (χ4v) is 1.57. The third-order valence-electron chi connectivity index (χ3n) is 2.08. The summed E-state index contributed by atoms with van der Waals surface area (Å²) >= 11 is 1.74. The fourth-order valence-electron chi connectivity index (χ4n) is 1.27. The lowest BCUT2D eigenvalue weighted by molar-refractivity contribution is 0.891. The average Bonchev–Trinajstić information content (AvgIpc) is 2.92. The summed E-state index contributed by atoms with van der Waals surface area (Å²) in [6, 6.07) is 0. The van der Waals surface area contributed by atoms with Gasteiger partial charge in [0.1, 0.15) is 6.33 Å². The first-order valence-corrected chi connectivity index (χ1v) is 6.66. The van der Waals surface area contributed by atoms with Crippen LogP contribution in [0.5, 0.6) is 0 Å². The molecular formula is C9H14N8S. The SMILES string of the molecule is CSCCNc1nc(NN)nc(-n2ccnc2)n1. The van der Waals surface area contributed by atoms with Crippen LogP contribution in [-0.4, -0.2) is 43.1 Å². The summed E-state index contributed by atoms with van der Waals surface area (Å²) in [7, 11) is 0. The Morgan fingerprint density at radius 2 is 2.17 bits per heavy atom. The highest BCUT2D eigenvalue weighted by Crippen LogP contribution is 2.08. The van der Waals surface area contributed by atoms with Crippen molar-refractivity contribution in [2.24, 2.45) is 5.84 Å². The number of rotatable bonds is 6. The van der Waals surface area contributed by atoms with Crippen LogP contribution in [0.4, 0.5) is 11.9 Å². The van der Waals surface area contributed by atoms with Gasteiger partial charge in [-0.1, -0.05) is 0 Å². The number of imidazole rings is 1. The van der Waals surface area contributed by atoms with E-state index in [1.807, 2.05) is 6.26 Å². The molecular weight excluding hydrogens is 252 g/mol. The average molecular weight is 266 g/mol. The molecule has 0 saturated heterocycles. The van der Waals surface area contributed by atoms with Gasteiger partial charge in [0.2, 0.25) is 17.8 Å². The number of hydrogen-bond acceptors (Lipinski definition) is 8. The van der Waals surface area contributed by atoms with Crippen LogP contribution < -0.4 is 16.6 Å². The highest BCUT2D eigenvalue weighted by atomic mass is 32.2. The Hall–Kier alpha value is -1.87. The number of nitrogen functional groups attached to an aromatic ring is 1. The maximum atomic E-state index is 5.34. The molecule has 96 valence electrons. The van der Waals surface area contributed by atoms with Crippen molar-refractivity contribution in [2.75, 3.05) is 29.3 Å². The van der Waals surface area contributed by atoms with E-state index in [0.717, 1.165) is 12.3 Å². The summed E-state index contributed by atoms with van der Waals surface area (Å²) in [5, 5.41) is 3.11. The molecule has 18 heavy (non-hydrogen) atoms. The molecule has 2 heterocycles. The van der Waals surface area contributed by atoms with Crippen molar-refractivity contribution < 1.29 is 0 Å². The Labute approximate surface area is 108 Å². The molecule has 0 aliphatic carbocycles. The Morgan fingerprint density at radius 1 is 1.33 bits per heavy atom. The molecule has 9 heteroatoms. The van der Waals surface area contributed by atoms with Gasteiger partial charge >= 0.3 is 0 Å². The van der Waals surface area contributed by atoms with Crippen LogP contribution in [0.2, 0.25) is 0 Å². The van der Waals surface area contributed by atoms with E-state index < -0.39 is 0 Å². The van der Waals surface area contributed by atoms with Gasteiger partial charge in [0.15, 0.2) is 0 Å². The first-order chi connectivity index (χ1) is 8.83. The van der Waals surface area contributed by atoms with Crippen LogP contribution in [0.1, 0.15) is 0 Å². The van der Waals surface area contributed by atoms with Crippen LogP contribution in [0.25, 0.3) is 5.95 Å². The largest absolute Gasteiger partial charge is 0.353 e. The number of aromatic nitrogens is 5. The van der Waals surface area contributed by atoms with Gasteiger partial charge in [0.25, 0.3) is 0 Å². The van der Waals surface area contributed by atoms with E-state index >= 15 is 0 Å². The van der Waals surface area contributed by atoms with Crippen molar-refractivity contribution in [3.05, 3.63) is 18.7 Å². The van der Waals surface area contributed by atoms with Gasteiger partial charge in [-0.05, 0) is 6.26 Å². The summed E-state index contributed by atoms with van der Waals surface area (Å²) in [5.74, 6) is 7.55. The highest BCUT2D eigenvalue weighted by molar-refractivity contribution is 7.98. The van der Waals surface area contributed by atoms with Crippen molar-refractivity contribution in [3.63, 3.8) is 0 Å². The van der Waals surface area contributed by atoms with Gasteiger partial charge < -0.3 is 5.32 Å². The number of hydrogen-bond donors (Lipinski definition) is 3. The van der Waals surface area contributed by atoms with E-state index in [4.69, 9.17) is 5.84 Å². The fraction of sp³-hybridized carbons (Fsp3) is 0.333. The molecule has 0 aromatic carbocycles. The molecule has 0 unspecified atom stereocenters. The first kappa shape index (κ1) is 12.6. The molecule has 0 fully saturated rings. The molecule has 0 bridgehead atoms. The van der Waals surface area contributed by atoms with Gasteiger partial charge in [0, 0.05) is 24.7 Å². The summed E-state index contributed by atoms with van der Waals surface area (Å²) in [5.41, 5.74) is 2.42. The molecule has 0 atom stereocenters. The monoisotopic (exact) mass is 266 g/mol. The van der Waals surface area contributed by atoms with E-state index in [1.54, 1.807) is 35.0 Å². The molecule has 8 nitrogen and oxygen atoms in total. The maximum Gasteiger partial charge on any atom is 0.243 e. The van der Waals surface area contributed by atoms with Crippen LogP contribution in [-0.2, 0) is 0 Å². The molecule has 0 aliphatic heterocycles. The summed E-state index contributed by atoms with van der Waals surface area (Å²) < 4.78 is 1.68. The lowest BCUT2D eigenvalue weighted by Gasteiger charge is -2.08. The molecule has 0 spiro atoms. The zero-order chi connectivity index (χ0) is 12.8. The Kier molecular flexibility index (Phi) is 4.31. The standard InChI is InChI=1S/C9H14N8S/c1-18-5-3-12-7-13-8(16-10)15-9(14-7)17-4-2-11-6-17/h2,4,6H,3,5,10H2,1H3,(H2,12,13,14,15,16). The number of nitrogens with zero attached hydrogens (tertiary/aromatic N) is 5. The van der Waals surface area contributed by atoms with Gasteiger partial charge in [-0.2, -0.15) is 26.7 Å². The van der Waals surface area contributed by atoms with Crippen molar-refractivity contribution in [1.82, 2.24) is 24.5 Å². The molecule has 0 aliphatic rings. The van der Waals surface area contributed by atoms with Crippen LogP contribution in [0.3, 0.4) is 0 Å². The zero-order valence-corrected chi connectivity index (χ0v) is 10.7. The van der Waals surface area contributed by atoms with Crippen LogP contribution >= 0.6 is 11.8 Å². The van der Waals surface area contributed by atoms with E-state index in [-0.39, 0.29) is 0 Å². The smallest absolute Gasteiger partial charge is 0.243 e. The van der Waals surface area contributed by atoms with Gasteiger partial charge in [-0.25, -0.2) is 10.8 Å². The minimum Gasteiger partial charge on any atom is -0.353 e. The van der Waals surface area contributed by atoms with Crippen LogP contribution in [0, 0.1) is 0 Å². The molecule has 2 aromatic rings. The van der Waals surface area contributed by atoms with Crippen molar-refractivity contribution in [2.45, 2.75) is 0 Å². The topological polar surface area (TPSA) is 107 Å². The molecule has 0 radical (unpaired) electrons. The van der Waals surface area contributed by atoms with E-state index in [9.17, 15) is 0 Å². The number of nitrogens with one attached hydrogen (secondary N) is 2. The predicted octanol–water partition coefficient (Wildman–Crippen LogP) is 0.118. The molecule has 2 aromatic heterocycles. The Bertz CT molecular complexity index is 485. The zero-order valence-electron chi connectivity index (χ0n) is 9.87. The molecule has 4 N–H and O–H groups in total. The minimum absolute atomic E-state index is 0.306. The van der Waals surface area contributed by atoms with Gasteiger partial charge in [-0.3, -0.25) is 9.99 Å². The maximum absolute atomic E-state index is 5.34. The summed E-state index contributed by atoms with van der Waals surface area (Å²) in [4.78, 5) is 16.5. The third-order valence-corrected chi connectivity index (χ3v) is 2.69. The molecule has 2 rings (SSSR count). The third kappa shape index (κ3) is 3.08. The highest BCUT2D eigenvalue weighted by Gasteiger charge is 2.06. The van der Waals surface area contributed by atoms with Crippen LogP contribution in [0.15, 0.2) is 18.7 Å². The summed E-state index contributed by atoms with van der Waals surface area (Å²) in [6.45, 7) is 0.776. The number of hydrazine groups is 1. The predicted molar refractivity (Wildman–Crippen MR) is 71.6 cm³/mol. The normalized spacial score (nSPS) is 10.3. The van der Waals surface area contributed by atoms with Crippen molar-refractivity contribution in [3.8, 4) is 5.95 Å². The minimum atomic E-state index is 0.306. The second kappa shape index (κ2) is 6.17. The van der Waals surface area contributed by atoms with Crippen molar-refractivity contribution in [1.29, 1.82) is 0 Å². The summed E-state index contributed by atoms with van der Waals surface area (Å²) in [6.07, 6.45) is 7.06. The van der Waals surface area contributed by atoms with E-state index in [0.29, 0.717) is 17.8 Å². The lowest BCUT2D eigenvalue weighted by Crippen LogP contribution is -2.16. The van der Waals surface area contributed by atoms with Crippen molar-refractivity contribution >= 4 is 23.7 Å². The second-order valence-electron chi connectivity index (χ2n) is 3.32. The Morgan fingerprint density at radius 3 is 2.83 bits per heavy atom. The van der Waals surface area contributed by atoms with E-state index in [1.165, 1.54) is 0 Å². The number of nitrogens with two attached hydrogens (primary N) is 1. The van der Waals surface area contributed by atoms with Gasteiger partial charge in [0.05, 0.1) is 0 Å². The number of thioether (sulfide) groups is 1. The Balaban J connectivity index is 2.22. The molecule has 0 saturated carbocycles. The lowest BCUT2D eigenvalue weighted by atomic mass is 10.7. The number of anilines is 2. The quantitative estimate of drug-likeness (QED) is 0.384.